The van der Waals surface area contributed by atoms with Crippen molar-refractivity contribution < 1.29 is 4.79 Å². The molecule has 2 aromatic rings. The lowest BCUT2D eigenvalue weighted by atomic mass is 10.1. The third kappa shape index (κ3) is 2.58. The average molecular weight is 229 g/mol. The Bertz CT molecular complexity index is 514. The number of pyridine rings is 1. The van der Waals surface area contributed by atoms with E-state index in [1.54, 1.807) is 12.4 Å². The number of aryl methyl sites for hydroxylation is 2. The van der Waals surface area contributed by atoms with Crippen LogP contribution in [0.5, 0.6) is 0 Å². The molecule has 0 radical (unpaired) electrons. The highest BCUT2D eigenvalue weighted by atomic mass is 16.1. The fourth-order valence-corrected chi connectivity index (χ4v) is 1.67. The first-order valence-electron chi connectivity index (χ1n) is 5.66. The second-order valence-electron chi connectivity index (χ2n) is 3.92. The summed E-state index contributed by atoms with van der Waals surface area (Å²) in [6.45, 7) is 4.76. The van der Waals surface area contributed by atoms with Gasteiger partial charge in [0.1, 0.15) is 5.82 Å². The van der Waals surface area contributed by atoms with E-state index in [1.165, 1.54) is 0 Å². The molecule has 0 unspecified atom stereocenters. The molecule has 0 aromatic carbocycles. The first-order chi connectivity index (χ1) is 8.20. The van der Waals surface area contributed by atoms with E-state index in [-0.39, 0.29) is 5.78 Å². The predicted molar refractivity (Wildman–Crippen MR) is 64.9 cm³/mol. The summed E-state index contributed by atoms with van der Waals surface area (Å²) < 4.78 is 1.97. The standard InChI is InChI=1S/C13H15N3O/c1-3-16-7-6-14-13(16)8-12(17)11-5-4-10(2)15-9-11/h4-7,9H,3,8H2,1-2H3. The maximum Gasteiger partial charge on any atom is 0.171 e. The number of imidazole rings is 1. The maximum atomic E-state index is 12.0. The number of Topliss-reactive ketones (excluding diaryl/α,β-unsaturated/α-hetero) is 1. The van der Waals surface area contributed by atoms with Crippen molar-refractivity contribution in [3.8, 4) is 0 Å². The van der Waals surface area contributed by atoms with Gasteiger partial charge in [0.15, 0.2) is 5.78 Å². The van der Waals surface area contributed by atoms with Crippen LogP contribution < -0.4 is 0 Å². The molecule has 0 saturated carbocycles. The van der Waals surface area contributed by atoms with Crippen molar-refractivity contribution in [2.75, 3.05) is 0 Å². The van der Waals surface area contributed by atoms with Crippen LogP contribution >= 0.6 is 0 Å². The van der Waals surface area contributed by atoms with E-state index in [0.717, 1.165) is 18.1 Å². The smallest absolute Gasteiger partial charge is 0.171 e. The van der Waals surface area contributed by atoms with Gasteiger partial charge >= 0.3 is 0 Å². The molecule has 17 heavy (non-hydrogen) atoms. The Balaban J connectivity index is 2.14. The lowest BCUT2D eigenvalue weighted by Gasteiger charge is -2.04. The highest BCUT2D eigenvalue weighted by Crippen LogP contribution is 2.06. The van der Waals surface area contributed by atoms with Crippen LogP contribution in [0, 0.1) is 6.92 Å². The SMILES string of the molecule is CCn1ccnc1CC(=O)c1ccc(C)nc1. The molecular weight excluding hydrogens is 214 g/mol. The van der Waals surface area contributed by atoms with Crippen molar-refractivity contribution in [2.45, 2.75) is 26.8 Å². The normalized spacial score (nSPS) is 10.5. The van der Waals surface area contributed by atoms with Crippen molar-refractivity contribution in [1.29, 1.82) is 0 Å². The summed E-state index contributed by atoms with van der Waals surface area (Å²) in [5, 5.41) is 0. The molecule has 2 heterocycles. The van der Waals surface area contributed by atoms with Crippen LogP contribution in [0.1, 0.15) is 28.8 Å². The summed E-state index contributed by atoms with van der Waals surface area (Å²) in [5.74, 6) is 0.858. The molecule has 2 aromatic heterocycles. The molecular formula is C13H15N3O. The number of carbonyl (C=O) groups is 1. The van der Waals surface area contributed by atoms with E-state index >= 15 is 0 Å². The van der Waals surface area contributed by atoms with Gasteiger partial charge in [0.25, 0.3) is 0 Å². The zero-order chi connectivity index (χ0) is 12.3. The fraction of sp³-hybridized carbons (Fsp3) is 0.308. The average Bonchev–Trinajstić information content (AvgIpc) is 2.77. The summed E-state index contributed by atoms with van der Waals surface area (Å²) in [6.07, 6.45) is 5.55. The molecule has 0 N–H and O–H groups in total. The number of rotatable bonds is 4. The van der Waals surface area contributed by atoms with Gasteiger partial charge in [0.05, 0.1) is 6.42 Å². The second-order valence-corrected chi connectivity index (χ2v) is 3.92. The Morgan fingerprint density at radius 1 is 1.35 bits per heavy atom. The molecule has 2 rings (SSSR count). The first kappa shape index (κ1) is 11.5. The van der Waals surface area contributed by atoms with E-state index < -0.39 is 0 Å². The summed E-state index contributed by atoms with van der Waals surface area (Å²) in [4.78, 5) is 20.3. The number of carbonyl (C=O) groups excluding carboxylic acids is 1. The largest absolute Gasteiger partial charge is 0.335 e. The third-order valence-corrected chi connectivity index (χ3v) is 2.69. The van der Waals surface area contributed by atoms with Crippen molar-refractivity contribution in [1.82, 2.24) is 14.5 Å². The number of hydrogen-bond acceptors (Lipinski definition) is 3. The molecule has 0 spiro atoms. The van der Waals surface area contributed by atoms with Crippen molar-refractivity contribution in [3.63, 3.8) is 0 Å². The number of nitrogens with zero attached hydrogens (tertiary/aromatic N) is 3. The third-order valence-electron chi connectivity index (χ3n) is 2.69. The molecule has 0 amide bonds. The van der Waals surface area contributed by atoms with Gasteiger partial charge < -0.3 is 4.57 Å². The fourth-order valence-electron chi connectivity index (χ4n) is 1.67. The summed E-state index contributed by atoms with van der Waals surface area (Å²) in [7, 11) is 0. The Morgan fingerprint density at radius 3 is 2.82 bits per heavy atom. The van der Waals surface area contributed by atoms with Crippen LogP contribution in [0.3, 0.4) is 0 Å². The summed E-state index contributed by atoms with van der Waals surface area (Å²) in [5.41, 5.74) is 1.55. The monoisotopic (exact) mass is 229 g/mol. The minimum Gasteiger partial charge on any atom is -0.335 e. The minimum absolute atomic E-state index is 0.0541. The lowest BCUT2D eigenvalue weighted by Crippen LogP contribution is -2.09. The van der Waals surface area contributed by atoms with Crippen LogP contribution in [0.15, 0.2) is 30.7 Å². The first-order valence-corrected chi connectivity index (χ1v) is 5.66. The topological polar surface area (TPSA) is 47.8 Å². The van der Waals surface area contributed by atoms with Crippen LogP contribution in [-0.2, 0) is 13.0 Å². The van der Waals surface area contributed by atoms with Crippen molar-refractivity contribution >= 4 is 5.78 Å². The van der Waals surface area contributed by atoms with E-state index in [4.69, 9.17) is 0 Å². The van der Waals surface area contributed by atoms with Gasteiger partial charge in [0.2, 0.25) is 0 Å². The van der Waals surface area contributed by atoms with Gasteiger partial charge in [0, 0.05) is 36.4 Å². The molecule has 0 aliphatic heterocycles. The van der Waals surface area contributed by atoms with E-state index in [1.807, 2.05) is 36.7 Å². The Kier molecular flexibility index (Phi) is 3.32. The van der Waals surface area contributed by atoms with Crippen LogP contribution in [0.4, 0.5) is 0 Å². The van der Waals surface area contributed by atoms with Crippen LogP contribution in [0.2, 0.25) is 0 Å². The molecule has 0 atom stereocenters. The summed E-state index contributed by atoms with van der Waals surface area (Å²) in [6, 6.07) is 3.66. The Labute approximate surface area is 100 Å². The minimum atomic E-state index is 0.0541. The van der Waals surface area contributed by atoms with Gasteiger partial charge in [-0.1, -0.05) is 0 Å². The molecule has 88 valence electrons. The van der Waals surface area contributed by atoms with Crippen LogP contribution in [-0.4, -0.2) is 20.3 Å². The molecule has 0 aliphatic carbocycles. The Hall–Kier alpha value is -1.97. The zero-order valence-corrected chi connectivity index (χ0v) is 10.1. The molecule has 0 bridgehead atoms. The highest BCUT2D eigenvalue weighted by molar-refractivity contribution is 5.96. The lowest BCUT2D eigenvalue weighted by molar-refractivity contribution is 0.0989. The van der Waals surface area contributed by atoms with E-state index in [0.29, 0.717) is 12.0 Å². The maximum absolute atomic E-state index is 12.0. The predicted octanol–water partition coefficient (Wildman–Crippen LogP) is 2.03. The van der Waals surface area contributed by atoms with Crippen molar-refractivity contribution in [3.05, 3.63) is 47.8 Å². The molecule has 4 heteroatoms. The highest BCUT2D eigenvalue weighted by Gasteiger charge is 2.10. The van der Waals surface area contributed by atoms with E-state index in [2.05, 4.69) is 9.97 Å². The number of aromatic nitrogens is 3. The Morgan fingerprint density at radius 2 is 2.18 bits per heavy atom. The van der Waals surface area contributed by atoms with Gasteiger partial charge in [-0.3, -0.25) is 9.78 Å². The molecule has 0 fully saturated rings. The number of hydrogen-bond donors (Lipinski definition) is 0. The van der Waals surface area contributed by atoms with Gasteiger partial charge in [-0.25, -0.2) is 4.98 Å². The molecule has 0 saturated heterocycles. The van der Waals surface area contributed by atoms with Crippen molar-refractivity contribution in [2.24, 2.45) is 0 Å². The quantitative estimate of drug-likeness (QED) is 0.754. The van der Waals surface area contributed by atoms with Gasteiger partial charge in [-0.05, 0) is 26.0 Å². The van der Waals surface area contributed by atoms with Crippen LogP contribution in [0.25, 0.3) is 0 Å². The molecule has 0 aliphatic rings. The van der Waals surface area contributed by atoms with E-state index in [9.17, 15) is 4.79 Å². The van der Waals surface area contributed by atoms with Gasteiger partial charge in [-0.15, -0.1) is 0 Å². The summed E-state index contributed by atoms with van der Waals surface area (Å²) >= 11 is 0. The molecule has 4 nitrogen and oxygen atoms in total. The zero-order valence-electron chi connectivity index (χ0n) is 10.1. The van der Waals surface area contributed by atoms with Gasteiger partial charge in [-0.2, -0.15) is 0 Å². The number of ketones is 1. The second kappa shape index (κ2) is 4.91.